The van der Waals surface area contributed by atoms with Crippen molar-refractivity contribution in [3.05, 3.63) is 59.9 Å². The van der Waals surface area contributed by atoms with Crippen molar-refractivity contribution in [1.82, 2.24) is 19.8 Å². The van der Waals surface area contributed by atoms with E-state index in [1.807, 2.05) is 12.1 Å². The van der Waals surface area contributed by atoms with Gasteiger partial charge in [0.2, 0.25) is 5.75 Å². The van der Waals surface area contributed by atoms with E-state index in [2.05, 4.69) is 20.6 Å². The van der Waals surface area contributed by atoms with Gasteiger partial charge in [-0.25, -0.2) is 4.39 Å². The number of benzene rings is 2. The molecule has 2 aromatic heterocycles. The summed E-state index contributed by atoms with van der Waals surface area (Å²) in [7, 11) is 4.70. The second kappa shape index (κ2) is 8.24. The Morgan fingerprint density at radius 1 is 0.900 bits per heavy atom. The molecule has 154 valence electrons. The molecule has 8 nitrogen and oxygen atoms in total. The van der Waals surface area contributed by atoms with Gasteiger partial charge in [-0.15, -0.1) is 15.3 Å². The van der Waals surface area contributed by atoms with Crippen molar-refractivity contribution >= 4 is 11.5 Å². The Bertz CT molecular complexity index is 1190. The van der Waals surface area contributed by atoms with Gasteiger partial charge >= 0.3 is 0 Å². The lowest BCUT2D eigenvalue weighted by atomic mass is 10.1. The molecule has 0 aliphatic heterocycles. The summed E-state index contributed by atoms with van der Waals surface area (Å²) in [6.07, 6.45) is 0. The summed E-state index contributed by atoms with van der Waals surface area (Å²) >= 11 is 0. The zero-order valence-corrected chi connectivity index (χ0v) is 16.7. The lowest BCUT2D eigenvalue weighted by Gasteiger charge is -2.16. The Labute approximate surface area is 172 Å². The highest BCUT2D eigenvalue weighted by atomic mass is 19.1. The highest BCUT2D eigenvalue weighted by molar-refractivity contribution is 5.60. The molecular weight excluding hydrogens is 389 g/mol. The van der Waals surface area contributed by atoms with Gasteiger partial charge < -0.3 is 19.5 Å². The van der Waals surface area contributed by atoms with Crippen LogP contribution in [0.2, 0.25) is 0 Å². The predicted octanol–water partition coefficient (Wildman–Crippen LogP) is 3.57. The van der Waals surface area contributed by atoms with E-state index >= 15 is 0 Å². The Hall–Kier alpha value is -3.88. The fraction of sp³-hybridized carbons (Fsp3) is 0.190. The lowest BCUT2D eigenvalue weighted by Crippen LogP contribution is -2.07. The lowest BCUT2D eigenvalue weighted by molar-refractivity contribution is 0.322. The van der Waals surface area contributed by atoms with Crippen molar-refractivity contribution in [3.8, 4) is 28.6 Å². The summed E-state index contributed by atoms with van der Waals surface area (Å²) in [6.45, 7) is 0.416. The van der Waals surface area contributed by atoms with Gasteiger partial charge in [0, 0.05) is 12.1 Å². The fourth-order valence-electron chi connectivity index (χ4n) is 3.18. The van der Waals surface area contributed by atoms with E-state index in [-0.39, 0.29) is 5.82 Å². The molecule has 0 spiro atoms. The first-order chi connectivity index (χ1) is 14.7. The number of nitrogens with zero attached hydrogens (tertiary/aromatic N) is 4. The van der Waals surface area contributed by atoms with E-state index in [0.717, 1.165) is 5.56 Å². The van der Waals surface area contributed by atoms with Crippen LogP contribution < -0.4 is 19.5 Å². The number of fused-ring (bicyclic) bond motifs is 1. The van der Waals surface area contributed by atoms with Crippen LogP contribution in [0.3, 0.4) is 0 Å². The van der Waals surface area contributed by atoms with Crippen molar-refractivity contribution in [1.29, 1.82) is 0 Å². The Morgan fingerprint density at radius 2 is 1.70 bits per heavy atom. The number of rotatable bonds is 7. The van der Waals surface area contributed by atoms with E-state index in [9.17, 15) is 4.39 Å². The molecule has 4 rings (SSSR count). The number of anilines is 1. The first-order valence-corrected chi connectivity index (χ1v) is 9.15. The number of nitrogens with one attached hydrogen (secondary N) is 1. The molecule has 0 atom stereocenters. The molecule has 0 radical (unpaired) electrons. The number of methoxy groups -OCH3 is 3. The first-order valence-electron chi connectivity index (χ1n) is 9.15. The number of ether oxygens (including phenoxy) is 3. The normalized spacial score (nSPS) is 10.8. The van der Waals surface area contributed by atoms with Crippen LogP contribution in [0, 0.1) is 5.82 Å². The quantitative estimate of drug-likeness (QED) is 0.500. The van der Waals surface area contributed by atoms with Crippen LogP contribution in [0.4, 0.5) is 10.2 Å². The molecule has 0 aliphatic rings. The first kappa shape index (κ1) is 19.4. The molecule has 1 N–H and O–H groups in total. The molecule has 2 heterocycles. The summed E-state index contributed by atoms with van der Waals surface area (Å²) in [5.41, 5.74) is 1.70. The van der Waals surface area contributed by atoms with Gasteiger partial charge in [0.25, 0.3) is 0 Å². The molecule has 0 saturated carbocycles. The van der Waals surface area contributed by atoms with Gasteiger partial charge in [-0.05, 0) is 36.4 Å². The molecule has 0 bridgehead atoms. The van der Waals surface area contributed by atoms with Crippen LogP contribution in [0.15, 0.2) is 48.5 Å². The Morgan fingerprint density at radius 3 is 2.43 bits per heavy atom. The SMILES string of the molecule is COc1ccc(CNc2ccc3nnc(-c4ccccc4F)n3n2)c(OC)c1OC. The van der Waals surface area contributed by atoms with E-state index in [1.165, 1.54) is 10.6 Å². The molecule has 30 heavy (non-hydrogen) atoms. The summed E-state index contributed by atoms with van der Waals surface area (Å²) in [4.78, 5) is 0. The van der Waals surface area contributed by atoms with E-state index in [0.29, 0.717) is 46.6 Å². The molecule has 0 aliphatic carbocycles. The third-order valence-corrected chi connectivity index (χ3v) is 4.62. The standard InChI is InChI=1S/C21H20FN5O3/c1-28-16-9-8-13(19(29-2)20(16)30-3)12-23-17-10-11-18-24-25-21(27(18)26-17)14-6-4-5-7-15(14)22/h4-11H,12H2,1-3H3,(H,23,26). The highest BCUT2D eigenvalue weighted by Crippen LogP contribution is 2.39. The average Bonchev–Trinajstić information content (AvgIpc) is 3.20. The van der Waals surface area contributed by atoms with E-state index in [1.54, 1.807) is 51.7 Å². The van der Waals surface area contributed by atoms with Gasteiger partial charge in [0.15, 0.2) is 23.0 Å². The Balaban J connectivity index is 1.64. The van der Waals surface area contributed by atoms with Crippen LogP contribution in [0.25, 0.3) is 17.0 Å². The fourth-order valence-corrected chi connectivity index (χ4v) is 3.18. The summed E-state index contributed by atoms with van der Waals surface area (Å²) in [5, 5.41) is 15.9. The van der Waals surface area contributed by atoms with Crippen LogP contribution in [-0.2, 0) is 6.54 Å². The summed E-state index contributed by atoms with van der Waals surface area (Å²) in [6, 6.07) is 13.6. The third-order valence-electron chi connectivity index (χ3n) is 4.62. The van der Waals surface area contributed by atoms with Gasteiger partial charge in [-0.3, -0.25) is 0 Å². The minimum absolute atomic E-state index is 0.329. The van der Waals surface area contributed by atoms with E-state index in [4.69, 9.17) is 14.2 Å². The molecule has 0 unspecified atom stereocenters. The van der Waals surface area contributed by atoms with Crippen LogP contribution >= 0.6 is 0 Å². The third kappa shape index (κ3) is 3.45. The number of aromatic nitrogens is 4. The van der Waals surface area contributed by atoms with Crippen molar-refractivity contribution in [3.63, 3.8) is 0 Å². The number of hydrogen-bond acceptors (Lipinski definition) is 7. The van der Waals surface area contributed by atoms with Gasteiger partial charge in [0.05, 0.1) is 26.9 Å². The molecular formula is C21H20FN5O3. The van der Waals surface area contributed by atoms with Crippen LogP contribution in [0.1, 0.15) is 5.56 Å². The van der Waals surface area contributed by atoms with Crippen molar-refractivity contribution < 1.29 is 18.6 Å². The average molecular weight is 409 g/mol. The maximum Gasteiger partial charge on any atom is 0.203 e. The van der Waals surface area contributed by atoms with Crippen LogP contribution in [-0.4, -0.2) is 41.1 Å². The molecule has 0 saturated heterocycles. The molecule has 0 fully saturated rings. The predicted molar refractivity (Wildman–Crippen MR) is 110 cm³/mol. The largest absolute Gasteiger partial charge is 0.493 e. The zero-order chi connectivity index (χ0) is 21.1. The van der Waals surface area contributed by atoms with Crippen molar-refractivity contribution in [2.45, 2.75) is 6.54 Å². The molecule has 0 amide bonds. The van der Waals surface area contributed by atoms with Crippen LogP contribution in [0.5, 0.6) is 17.2 Å². The molecule has 4 aromatic rings. The second-order valence-corrected chi connectivity index (χ2v) is 6.34. The van der Waals surface area contributed by atoms with E-state index < -0.39 is 0 Å². The van der Waals surface area contributed by atoms with Gasteiger partial charge in [0.1, 0.15) is 11.6 Å². The number of halogens is 1. The zero-order valence-electron chi connectivity index (χ0n) is 16.7. The minimum atomic E-state index is -0.387. The maximum absolute atomic E-state index is 14.2. The van der Waals surface area contributed by atoms with Gasteiger partial charge in [-0.1, -0.05) is 12.1 Å². The highest BCUT2D eigenvalue weighted by Gasteiger charge is 2.17. The summed E-state index contributed by atoms with van der Waals surface area (Å²) in [5.74, 6) is 2.18. The number of hydrogen-bond donors (Lipinski definition) is 1. The monoisotopic (exact) mass is 409 g/mol. The van der Waals surface area contributed by atoms with Crippen molar-refractivity contribution in [2.75, 3.05) is 26.6 Å². The Kier molecular flexibility index (Phi) is 5.34. The van der Waals surface area contributed by atoms with Gasteiger partial charge in [-0.2, -0.15) is 4.52 Å². The minimum Gasteiger partial charge on any atom is -0.493 e. The topological polar surface area (TPSA) is 82.8 Å². The molecule has 9 heteroatoms. The molecule has 2 aromatic carbocycles. The maximum atomic E-state index is 14.2. The van der Waals surface area contributed by atoms with Crippen molar-refractivity contribution in [2.24, 2.45) is 0 Å². The smallest absolute Gasteiger partial charge is 0.203 e. The second-order valence-electron chi connectivity index (χ2n) is 6.34. The summed E-state index contributed by atoms with van der Waals surface area (Å²) < 4.78 is 32.0.